The van der Waals surface area contributed by atoms with E-state index >= 15 is 4.39 Å². The molecule has 0 unspecified atom stereocenters. The highest BCUT2D eigenvalue weighted by atomic mass is 32.2. The smallest absolute Gasteiger partial charge is 0.247 e. The van der Waals surface area contributed by atoms with E-state index in [1.54, 1.807) is 19.3 Å². The van der Waals surface area contributed by atoms with Crippen molar-refractivity contribution >= 4 is 21.8 Å². The van der Waals surface area contributed by atoms with Gasteiger partial charge in [-0.05, 0) is 60.9 Å². The van der Waals surface area contributed by atoms with E-state index in [1.165, 1.54) is 31.3 Å². The van der Waals surface area contributed by atoms with Gasteiger partial charge in [0.1, 0.15) is 27.6 Å². The molecular weight excluding hydrogens is 526 g/mol. The number of guanidine groups is 1. The Labute approximate surface area is 225 Å². The number of carbonyl (C=O) groups is 1. The summed E-state index contributed by atoms with van der Waals surface area (Å²) in [4.78, 5) is 27.3. The fourth-order valence-corrected chi connectivity index (χ4v) is 7.73. The first-order chi connectivity index (χ1) is 18.5. The number of rotatable bonds is 6. The van der Waals surface area contributed by atoms with Gasteiger partial charge in [0, 0.05) is 51.1 Å². The van der Waals surface area contributed by atoms with E-state index < -0.39 is 37.7 Å². The van der Waals surface area contributed by atoms with Gasteiger partial charge in [-0.25, -0.2) is 26.5 Å². The normalized spacial score (nSPS) is 24.6. The topological polar surface area (TPSA) is 122 Å². The van der Waals surface area contributed by atoms with E-state index in [0.29, 0.717) is 18.7 Å². The van der Waals surface area contributed by atoms with Gasteiger partial charge >= 0.3 is 0 Å². The van der Waals surface area contributed by atoms with Crippen LogP contribution in [0.3, 0.4) is 0 Å². The number of sulfonamides is 1. The number of Topliss-reactive ketones (excluding diaryl/α,β-unsaturated/α-hetero) is 1. The second-order valence-electron chi connectivity index (χ2n) is 10.1. The molecule has 2 aliphatic heterocycles. The number of carbonyl (C=O) groups excluding carboxylic acids is 1. The van der Waals surface area contributed by atoms with Crippen molar-refractivity contribution in [3.05, 3.63) is 95.1 Å². The summed E-state index contributed by atoms with van der Waals surface area (Å²) >= 11 is 0. The van der Waals surface area contributed by atoms with Crippen LogP contribution in [-0.4, -0.2) is 64.2 Å². The molecule has 1 fully saturated rings. The molecule has 2 N–H and O–H groups in total. The Bertz CT molecular complexity index is 1550. The van der Waals surface area contributed by atoms with Gasteiger partial charge in [0.25, 0.3) is 0 Å². The Morgan fingerprint density at radius 3 is 2.54 bits per heavy atom. The zero-order valence-electron chi connectivity index (χ0n) is 21.5. The zero-order chi connectivity index (χ0) is 28.0. The van der Waals surface area contributed by atoms with Crippen molar-refractivity contribution in [3.63, 3.8) is 0 Å². The SMILES string of the molecule is CN1C(N)=N[C@](C)(c2cc(CC(=O)c3ccc(F)cn3)ccc2F)[C@@]2(CCN(Cc3ccncc3)C2)S1(=O)=O. The molecule has 1 aromatic carbocycles. The molecule has 0 amide bonds. The van der Waals surface area contributed by atoms with Crippen LogP contribution in [0.15, 0.2) is 66.0 Å². The number of hydrogen-bond acceptors (Lipinski definition) is 8. The van der Waals surface area contributed by atoms with Gasteiger partial charge in [-0.3, -0.25) is 19.7 Å². The molecule has 39 heavy (non-hydrogen) atoms. The van der Waals surface area contributed by atoms with Crippen molar-refractivity contribution in [2.45, 2.75) is 36.6 Å². The number of aliphatic imine (C=N–C) groups is 1. The molecule has 204 valence electrons. The summed E-state index contributed by atoms with van der Waals surface area (Å²) in [5.41, 5.74) is 6.01. The van der Waals surface area contributed by atoms with Crippen molar-refractivity contribution in [2.75, 3.05) is 20.1 Å². The predicted molar refractivity (Wildman–Crippen MR) is 141 cm³/mol. The lowest BCUT2D eigenvalue weighted by atomic mass is 9.77. The number of aromatic nitrogens is 2. The highest BCUT2D eigenvalue weighted by molar-refractivity contribution is 7.91. The first-order valence-corrected chi connectivity index (χ1v) is 13.8. The van der Waals surface area contributed by atoms with Crippen LogP contribution >= 0.6 is 0 Å². The lowest BCUT2D eigenvalue weighted by Gasteiger charge is -2.48. The second-order valence-corrected chi connectivity index (χ2v) is 12.4. The molecular formula is C27H28F2N6O3S. The van der Waals surface area contributed by atoms with Crippen LogP contribution in [0, 0.1) is 11.6 Å². The van der Waals surface area contributed by atoms with Gasteiger partial charge < -0.3 is 5.73 Å². The number of likely N-dealkylation sites (tertiary alicyclic amines) is 1. The molecule has 5 rings (SSSR count). The van der Waals surface area contributed by atoms with Crippen molar-refractivity contribution in [2.24, 2.45) is 10.7 Å². The molecule has 2 atom stereocenters. The average Bonchev–Trinajstić information content (AvgIpc) is 3.35. The van der Waals surface area contributed by atoms with Gasteiger partial charge in [-0.2, -0.15) is 0 Å². The average molecular weight is 555 g/mol. The molecule has 0 aliphatic carbocycles. The van der Waals surface area contributed by atoms with Crippen LogP contribution in [0.25, 0.3) is 0 Å². The van der Waals surface area contributed by atoms with Crippen molar-refractivity contribution < 1.29 is 22.0 Å². The van der Waals surface area contributed by atoms with Gasteiger partial charge in [-0.1, -0.05) is 6.07 Å². The van der Waals surface area contributed by atoms with Crippen LogP contribution < -0.4 is 5.73 Å². The monoisotopic (exact) mass is 554 g/mol. The summed E-state index contributed by atoms with van der Waals surface area (Å²) in [6.07, 6.45) is 4.35. The van der Waals surface area contributed by atoms with E-state index in [1.807, 2.05) is 17.0 Å². The Hall–Kier alpha value is -3.77. The molecule has 12 heteroatoms. The summed E-state index contributed by atoms with van der Waals surface area (Å²) in [7, 11) is -2.74. The quantitative estimate of drug-likeness (QED) is 0.465. The summed E-state index contributed by atoms with van der Waals surface area (Å²) in [6.45, 7) is 2.61. The first kappa shape index (κ1) is 26.8. The van der Waals surface area contributed by atoms with E-state index in [9.17, 15) is 17.6 Å². The van der Waals surface area contributed by atoms with Gasteiger partial charge in [0.2, 0.25) is 16.0 Å². The molecule has 2 aliphatic rings. The van der Waals surface area contributed by atoms with Crippen LogP contribution in [0.4, 0.5) is 8.78 Å². The summed E-state index contributed by atoms with van der Waals surface area (Å²) in [5, 5.41) is 0. The fourth-order valence-electron chi connectivity index (χ4n) is 5.56. The number of halogens is 2. The standard InChI is InChI=1S/C27H28F2N6O3S/c1-26(21-13-19(3-5-22(21)29)14-24(36)23-6-4-20(28)15-32-23)27(39(37,38)34(2)25(30)33-26)9-12-35(17-27)16-18-7-10-31-11-8-18/h3-8,10-11,13,15H,9,12,14,16-17H2,1-2H3,(H2,30,33)/t26-,27+/m1/s1. The van der Waals surface area contributed by atoms with E-state index in [0.717, 1.165) is 22.1 Å². The summed E-state index contributed by atoms with van der Waals surface area (Å²) < 4.78 is 56.3. The molecule has 1 spiro atoms. The minimum absolute atomic E-state index is 0.0326. The highest BCUT2D eigenvalue weighted by Crippen LogP contribution is 2.51. The van der Waals surface area contributed by atoms with Crippen LogP contribution in [0.2, 0.25) is 0 Å². The van der Waals surface area contributed by atoms with Crippen LogP contribution in [0.5, 0.6) is 0 Å². The zero-order valence-corrected chi connectivity index (χ0v) is 22.3. The van der Waals surface area contributed by atoms with Crippen molar-refractivity contribution in [1.29, 1.82) is 0 Å². The lowest BCUT2D eigenvalue weighted by Crippen LogP contribution is -2.66. The second kappa shape index (κ2) is 9.76. The third kappa shape index (κ3) is 4.47. The molecule has 2 aromatic heterocycles. The lowest BCUT2D eigenvalue weighted by molar-refractivity contribution is 0.0988. The number of pyridine rings is 2. The number of nitrogens with zero attached hydrogens (tertiary/aromatic N) is 5. The van der Waals surface area contributed by atoms with Crippen LogP contribution in [0.1, 0.15) is 40.5 Å². The minimum atomic E-state index is -4.09. The third-order valence-electron chi connectivity index (χ3n) is 7.80. The molecule has 9 nitrogen and oxygen atoms in total. The molecule has 1 saturated heterocycles. The van der Waals surface area contributed by atoms with Gasteiger partial charge in [0.15, 0.2) is 5.78 Å². The fraction of sp³-hybridized carbons (Fsp3) is 0.333. The number of hydrogen-bond donors (Lipinski definition) is 1. The summed E-state index contributed by atoms with van der Waals surface area (Å²) in [5.74, 6) is -1.86. The molecule has 0 saturated carbocycles. The largest absolute Gasteiger partial charge is 0.369 e. The maximum Gasteiger partial charge on any atom is 0.247 e. The van der Waals surface area contributed by atoms with E-state index in [2.05, 4.69) is 15.0 Å². The minimum Gasteiger partial charge on any atom is -0.369 e. The van der Waals surface area contributed by atoms with E-state index in [4.69, 9.17) is 5.73 Å². The molecule has 3 aromatic rings. The molecule has 4 heterocycles. The number of benzene rings is 1. The Morgan fingerprint density at radius 2 is 1.85 bits per heavy atom. The van der Waals surface area contributed by atoms with Crippen molar-refractivity contribution in [1.82, 2.24) is 19.2 Å². The van der Waals surface area contributed by atoms with Crippen LogP contribution in [-0.2, 0) is 28.5 Å². The Balaban J connectivity index is 1.55. The third-order valence-corrected chi connectivity index (χ3v) is 10.4. The number of ketones is 1. The Kier molecular flexibility index (Phi) is 6.71. The Morgan fingerprint density at radius 1 is 1.10 bits per heavy atom. The molecule has 0 bridgehead atoms. The maximum absolute atomic E-state index is 15.6. The summed E-state index contributed by atoms with van der Waals surface area (Å²) in [6, 6.07) is 10.3. The van der Waals surface area contributed by atoms with Gasteiger partial charge in [-0.15, -0.1) is 0 Å². The maximum atomic E-state index is 15.6. The highest BCUT2D eigenvalue weighted by Gasteiger charge is 2.66. The van der Waals surface area contributed by atoms with Gasteiger partial charge in [0.05, 0.1) is 6.20 Å². The van der Waals surface area contributed by atoms with Crippen molar-refractivity contribution in [3.8, 4) is 0 Å². The predicted octanol–water partition coefficient (Wildman–Crippen LogP) is 2.63. The molecule has 0 radical (unpaired) electrons. The first-order valence-electron chi connectivity index (χ1n) is 12.4. The number of nitrogens with two attached hydrogens (primary N) is 1. The van der Waals surface area contributed by atoms with E-state index in [-0.39, 0.29) is 36.6 Å².